The number of hydrogen-bond donors (Lipinski definition) is 4. The molecule has 1 amide bonds. The smallest absolute Gasteiger partial charge is 0.231 e. The fourth-order valence-corrected chi connectivity index (χ4v) is 3.51. The molecule has 0 fully saturated rings. The molecule has 4 rings (SSSR count). The Morgan fingerprint density at radius 3 is 2.68 bits per heavy atom. The van der Waals surface area contributed by atoms with Crippen LogP contribution in [0.2, 0.25) is 0 Å². The first-order chi connectivity index (χ1) is 15.2. The van der Waals surface area contributed by atoms with E-state index in [1.807, 2.05) is 60.7 Å². The van der Waals surface area contributed by atoms with Crippen molar-refractivity contribution < 1.29 is 4.79 Å². The van der Waals surface area contributed by atoms with Crippen molar-refractivity contribution in [3.8, 4) is 0 Å². The minimum atomic E-state index is -0.319. The molecule has 7 nitrogen and oxygen atoms in total. The van der Waals surface area contributed by atoms with Crippen LogP contribution >= 0.6 is 0 Å². The molecule has 0 radical (unpaired) electrons. The van der Waals surface area contributed by atoms with Gasteiger partial charge in [0, 0.05) is 16.8 Å². The number of nitrogens with one attached hydrogen (secondary N) is 3. The second kappa shape index (κ2) is 9.11. The third kappa shape index (κ3) is 4.55. The molecule has 5 N–H and O–H groups in total. The summed E-state index contributed by atoms with van der Waals surface area (Å²) in [5.74, 6) is 0.203. The Morgan fingerprint density at radius 1 is 1.06 bits per heavy atom. The average molecular weight is 410 g/mol. The molecule has 0 aliphatic carbocycles. The molecule has 154 valence electrons. The number of fused-ring (bicyclic) bond motifs is 1. The summed E-state index contributed by atoms with van der Waals surface area (Å²) in [6.07, 6.45) is 0.563. The topological polar surface area (TPSA) is 100 Å². The third-order valence-electron chi connectivity index (χ3n) is 5.04. The number of nitrogens with two attached hydrogens (primary N) is 1. The summed E-state index contributed by atoms with van der Waals surface area (Å²) in [6, 6.07) is 22.4. The van der Waals surface area contributed by atoms with Gasteiger partial charge in [-0.05, 0) is 48.9 Å². The number of benzene rings is 3. The molecule has 7 heteroatoms. The minimum absolute atomic E-state index is 0.0984. The van der Waals surface area contributed by atoms with E-state index in [1.54, 1.807) is 12.1 Å². The van der Waals surface area contributed by atoms with E-state index in [0.717, 1.165) is 22.2 Å². The van der Waals surface area contributed by atoms with Crippen molar-refractivity contribution in [2.75, 3.05) is 17.2 Å². The highest BCUT2D eigenvalue weighted by Crippen LogP contribution is 2.29. The number of aromatic amines is 1. The maximum Gasteiger partial charge on any atom is 0.231 e. The largest absolute Gasteiger partial charge is 0.339 e. The first-order valence-electron chi connectivity index (χ1n) is 9.96. The molecule has 3 aromatic carbocycles. The summed E-state index contributed by atoms with van der Waals surface area (Å²) in [5.41, 5.74) is 9.52. The Labute approximate surface area is 180 Å². The van der Waals surface area contributed by atoms with Crippen molar-refractivity contribution >= 4 is 39.7 Å². The van der Waals surface area contributed by atoms with Crippen molar-refractivity contribution in [3.63, 3.8) is 0 Å². The van der Waals surface area contributed by atoms with E-state index >= 15 is 0 Å². The number of hydrogen-bond acceptors (Lipinski definition) is 4. The lowest BCUT2D eigenvalue weighted by molar-refractivity contribution is -0.117. The molecule has 0 unspecified atom stereocenters. The zero-order chi connectivity index (χ0) is 21.6. The highest BCUT2D eigenvalue weighted by Gasteiger charge is 2.20. The van der Waals surface area contributed by atoms with Crippen molar-refractivity contribution in [1.82, 2.24) is 10.2 Å². The van der Waals surface area contributed by atoms with E-state index in [-0.39, 0.29) is 11.8 Å². The first-order valence-corrected chi connectivity index (χ1v) is 9.96. The first kappa shape index (κ1) is 20.1. The fourth-order valence-electron chi connectivity index (χ4n) is 3.51. The average Bonchev–Trinajstić information content (AvgIpc) is 3.20. The van der Waals surface area contributed by atoms with Gasteiger partial charge in [0.15, 0.2) is 11.5 Å². The summed E-state index contributed by atoms with van der Waals surface area (Å²) >= 11 is 0. The Morgan fingerprint density at radius 2 is 1.90 bits per heavy atom. The Bertz CT molecular complexity index is 1240. The van der Waals surface area contributed by atoms with Crippen LogP contribution in [0.15, 0.2) is 72.8 Å². The van der Waals surface area contributed by atoms with Gasteiger partial charge in [-0.1, -0.05) is 42.5 Å². The van der Waals surface area contributed by atoms with E-state index in [4.69, 9.17) is 12.3 Å². The molecule has 0 bridgehead atoms. The SMILES string of the molecule is [C-]#[N+]c1cccc(Nc2n[nH]c3ccc(NC(=O)[C@@H](CCN)c4ccccc4)cc23)c1. The van der Waals surface area contributed by atoms with Gasteiger partial charge in [0.1, 0.15) is 0 Å². The van der Waals surface area contributed by atoms with Crippen LogP contribution in [0, 0.1) is 6.57 Å². The second-order valence-corrected chi connectivity index (χ2v) is 7.15. The maximum atomic E-state index is 13.0. The van der Waals surface area contributed by atoms with Crippen LogP contribution in [0.5, 0.6) is 0 Å². The number of rotatable bonds is 7. The van der Waals surface area contributed by atoms with Gasteiger partial charge in [0.25, 0.3) is 0 Å². The van der Waals surface area contributed by atoms with Gasteiger partial charge in [-0.2, -0.15) is 5.10 Å². The van der Waals surface area contributed by atoms with E-state index in [1.165, 1.54) is 0 Å². The van der Waals surface area contributed by atoms with E-state index in [2.05, 4.69) is 25.7 Å². The second-order valence-electron chi connectivity index (χ2n) is 7.15. The Balaban J connectivity index is 1.58. The fraction of sp³-hybridized carbons (Fsp3) is 0.125. The number of H-pyrrole nitrogens is 1. The predicted molar refractivity (Wildman–Crippen MR) is 124 cm³/mol. The zero-order valence-electron chi connectivity index (χ0n) is 16.8. The number of nitrogens with zero attached hydrogens (tertiary/aromatic N) is 2. The zero-order valence-corrected chi connectivity index (χ0v) is 16.8. The molecular weight excluding hydrogens is 388 g/mol. The van der Waals surface area contributed by atoms with Crippen LogP contribution in [0.25, 0.3) is 15.7 Å². The lowest BCUT2D eigenvalue weighted by Gasteiger charge is -2.16. The highest BCUT2D eigenvalue weighted by molar-refractivity contribution is 6.00. The van der Waals surface area contributed by atoms with Gasteiger partial charge in [-0.3, -0.25) is 9.89 Å². The van der Waals surface area contributed by atoms with Crippen LogP contribution < -0.4 is 16.4 Å². The normalized spacial score (nSPS) is 11.6. The summed E-state index contributed by atoms with van der Waals surface area (Å²) in [5, 5.41) is 14.4. The molecule has 1 aromatic heterocycles. The van der Waals surface area contributed by atoms with Gasteiger partial charge in [-0.15, -0.1) is 0 Å². The Kier molecular flexibility index (Phi) is 5.92. The monoisotopic (exact) mass is 410 g/mol. The van der Waals surface area contributed by atoms with Crippen LogP contribution in [0.4, 0.5) is 22.9 Å². The Hall–Kier alpha value is -4.15. The summed E-state index contributed by atoms with van der Waals surface area (Å²) in [7, 11) is 0. The third-order valence-corrected chi connectivity index (χ3v) is 5.04. The van der Waals surface area contributed by atoms with Crippen LogP contribution in [-0.4, -0.2) is 22.6 Å². The van der Waals surface area contributed by atoms with Crippen molar-refractivity contribution in [1.29, 1.82) is 0 Å². The van der Waals surface area contributed by atoms with E-state index in [0.29, 0.717) is 30.2 Å². The lowest BCUT2D eigenvalue weighted by atomic mass is 9.94. The number of amides is 1. The van der Waals surface area contributed by atoms with E-state index < -0.39 is 0 Å². The number of anilines is 3. The van der Waals surface area contributed by atoms with Gasteiger partial charge >= 0.3 is 0 Å². The van der Waals surface area contributed by atoms with Gasteiger partial charge in [0.2, 0.25) is 5.91 Å². The maximum absolute atomic E-state index is 13.0. The molecule has 0 aliphatic heterocycles. The molecular formula is C24H22N6O. The number of carbonyl (C=O) groups excluding carboxylic acids is 1. The van der Waals surface area contributed by atoms with Crippen molar-refractivity contribution in [3.05, 3.63) is 89.8 Å². The van der Waals surface area contributed by atoms with Gasteiger partial charge < -0.3 is 16.4 Å². The molecule has 0 saturated heterocycles. The quantitative estimate of drug-likeness (QED) is 0.325. The summed E-state index contributed by atoms with van der Waals surface area (Å²) in [6.45, 7) is 7.59. The highest BCUT2D eigenvalue weighted by atomic mass is 16.1. The molecule has 0 aliphatic rings. The molecule has 1 atom stereocenters. The minimum Gasteiger partial charge on any atom is -0.339 e. The molecule has 0 spiro atoms. The lowest BCUT2D eigenvalue weighted by Crippen LogP contribution is -2.23. The van der Waals surface area contributed by atoms with Gasteiger partial charge in [0.05, 0.1) is 18.0 Å². The van der Waals surface area contributed by atoms with Crippen molar-refractivity contribution in [2.24, 2.45) is 5.73 Å². The number of aromatic nitrogens is 2. The summed E-state index contributed by atoms with van der Waals surface area (Å²) in [4.78, 5) is 16.4. The standard InChI is InChI=1S/C24H22N6O/c1-26-17-8-5-9-18(14-17)27-23-21-15-19(10-11-22(21)29-30-23)28-24(31)20(12-13-25)16-6-3-2-4-7-16/h2-11,14-15,20H,12-13,25H2,(H,28,31)(H2,27,29,30)/t20-/m0/s1. The van der Waals surface area contributed by atoms with Crippen molar-refractivity contribution in [2.45, 2.75) is 12.3 Å². The molecule has 1 heterocycles. The molecule has 31 heavy (non-hydrogen) atoms. The molecule has 4 aromatic rings. The van der Waals surface area contributed by atoms with Crippen LogP contribution in [-0.2, 0) is 4.79 Å². The molecule has 0 saturated carbocycles. The van der Waals surface area contributed by atoms with Crippen LogP contribution in [0.3, 0.4) is 0 Å². The number of carbonyl (C=O) groups is 1. The van der Waals surface area contributed by atoms with E-state index in [9.17, 15) is 4.79 Å². The predicted octanol–water partition coefficient (Wildman–Crippen LogP) is 4.93. The van der Waals surface area contributed by atoms with Crippen LogP contribution in [0.1, 0.15) is 17.9 Å². The van der Waals surface area contributed by atoms with Gasteiger partial charge in [-0.25, -0.2) is 4.85 Å². The summed E-state index contributed by atoms with van der Waals surface area (Å²) < 4.78 is 0.